The van der Waals surface area contributed by atoms with Crippen molar-refractivity contribution in [3.63, 3.8) is 0 Å². The molecule has 1 saturated carbocycles. The van der Waals surface area contributed by atoms with Crippen LogP contribution >= 0.6 is 0 Å². The van der Waals surface area contributed by atoms with E-state index in [2.05, 4.69) is 20.8 Å². The van der Waals surface area contributed by atoms with Gasteiger partial charge in [-0.05, 0) is 31.1 Å². The fourth-order valence-electron chi connectivity index (χ4n) is 2.21. The Bertz CT molecular complexity index is 174. The molecule has 0 radical (unpaired) electrons. The molecule has 1 aliphatic rings. The number of ketones is 1. The van der Waals surface area contributed by atoms with E-state index in [1.54, 1.807) is 0 Å². The Hall–Kier alpha value is -0.330. The summed E-state index contributed by atoms with van der Waals surface area (Å²) in [6, 6.07) is 0. The zero-order valence-electron chi connectivity index (χ0n) is 9.18. The van der Waals surface area contributed by atoms with Crippen molar-refractivity contribution in [1.82, 2.24) is 0 Å². The SMILES string of the molecule is CCC(C)CC1CC(C)CCC1=O. The number of carbonyl (C=O) groups excluding carboxylic acids is 1. The molecule has 1 nitrogen and oxygen atoms in total. The predicted octanol–water partition coefficient (Wildman–Crippen LogP) is 3.43. The maximum Gasteiger partial charge on any atom is 0.136 e. The Balaban J connectivity index is 2.42. The highest BCUT2D eigenvalue weighted by molar-refractivity contribution is 5.81. The number of Topliss-reactive ketones (excluding diaryl/α,β-unsaturated/α-hetero) is 1. The standard InChI is InChI=1S/C12H22O/c1-4-9(2)7-11-8-10(3)5-6-12(11)13/h9-11H,4-8H2,1-3H3. The molecule has 1 heteroatoms. The first-order valence-corrected chi connectivity index (χ1v) is 5.66. The van der Waals surface area contributed by atoms with Gasteiger partial charge in [-0.2, -0.15) is 0 Å². The Morgan fingerprint density at radius 2 is 2.23 bits per heavy atom. The predicted molar refractivity (Wildman–Crippen MR) is 55.6 cm³/mol. The average molecular weight is 182 g/mol. The summed E-state index contributed by atoms with van der Waals surface area (Å²) in [5.41, 5.74) is 0. The van der Waals surface area contributed by atoms with Gasteiger partial charge in [0.05, 0.1) is 0 Å². The molecule has 1 fully saturated rings. The topological polar surface area (TPSA) is 17.1 Å². The zero-order chi connectivity index (χ0) is 9.84. The van der Waals surface area contributed by atoms with Crippen LogP contribution < -0.4 is 0 Å². The lowest BCUT2D eigenvalue weighted by atomic mass is 9.77. The molecule has 1 rings (SSSR count). The molecule has 13 heavy (non-hydrogen) atoms. The highest BCUT2D eigenvalue weighted by Crippen LogP contribution is 2.30. The van der Waals surface area contributed by atoms with Crippen LogP contribution in [0.3, 0.4) is 0 Å². The molecule has 0 bridgehead atoms. The van der Waals surface area contributed by atoms with Gasteiger partial charge in [0.1, 0.15) is 5.78 Å². The normalized spacial score (nSPS) is 31.8. The van der Waals surface area contributed by atoms with Gasteiger partial charge >= 0.3 is 0 Å². The summed E-state index contributed by atoms with van der Waals surface area (Å²) in [6.07, 6.45) is 5.43. The Morgan fingerprint density at radius 3 is 2.85 bits per heavy atom. The maximum absolute atomic E-state index is 11.6. The van der Waals surface area contributed by atoms with Gasteiger partial charge in [0.25, 0.3) is 0 Å². The third-order valence-electron chi connectivity index (χ3n) is 3.41. The first-order valence-electron chi connectivity index (χ1n) is 5.66. The molecule has 1 aliphatic carbocycles. The third-order valence-corrected chi connectivity index (χ3v) is 3.41. The summed E-state index contributed by atoms with van der Waals surface area (Å²) >= 11 is 0. The van der Waals surface area contributed by atoms with Crippen molar-refractivity contribution in [1.29, 1.82) is 0 Å². The van der Waals surface area contributed by atoms with Gasteiger partial charge < -0.3 is 0 Å². The molecule has 0 spiro atoms. The van der Waals surface area contributed by atoms with E-state index in [9.17, 15) is 4.79 Å². The van der Waals surface area contributed by atoms with Crippen LogP contribution in [0.5, 0.6) is 0 Å². The van der Waals surface area contributed by atoms with Gasteiger partial charge in [-0.3, -0.25) is 4.79 Å². The molecule has 0 aromatic rings. The van der Waals surface area contributed by atoms with Crippen LogP contribution in [-0.4, -0.2) is 5.78 Å². The van der Waals surface area contributed by atoms with E-state index in [0.717, 1.165) is 37.5 Å². The summed E-state index contributed by atoms with van der Waals surface area (Å²) in [5, 5.41) is 0. The average Bonchev–Trinajstić information content (AvgIpc) is 2.11. The third kappa shape index (κ3) is 3.13. The van der Waals surface area contributed by atoms with Crippen LogP contribution in [0.1, 0.15) is 52.9 Å². The van der Waals surface area contributed by atoms with Gasteiger partial charge in [-0.1, -0.05) is 27.2 Å². The first kappa shape index (κ1) is 10.7. The summed E-state index contributed by atoms with van der Waals surface area (Å²) in [6.45, 7) is 6.74. The van der Waals surface area contributed by atoms with Crippen molar-refractivity contribution in [3.8, 4) is 0 Å². The minimum Gasteiger partial charge on any atom is -0.299 e. The van der Waals surface area contributed by atoms with Crippen LogP contribution in [0, 0.1) is 17.8 Å². The molecule has 0 aliphatic heterocycles. The van der Waals surface area contributed by atoms with Gasteiger partial charge in [-0.15, -0.1) is 0 Å². The lowest BCUT2D eigenvalue weighted by Gasteiger charge is -2.27. The van der Waals surface area contributed by atoms with E-state index in [1.165, 1.54) is 6.42 Å². The largest absolute Gasteiger partial charge is 0.299 e. The van der Waals surface area contributed by atoms with E-state index in [-0.39, 0.29) is 0 Å². The second-order valence-electron chi connectivity index (χ2n) is 4.79. The van der Waals surface area contributed by atoms with Gasteiger partial charge in [0.2, 0.25) is 0 Å². The first-order chi connectivity index (χ1) is 6.13. The molecule has 3 unspecified atom stereocenters. The van der Waals surface area contributed by atoms with Crippen molar-refractivity contribution in [3.05, 3.63) is 0 Å². The Labute approximate surface area is 81.9 Å². The van der Waals surface area contributed by atoms with E-state index in [0.29, 0.717) is 11.7 Å². The number of hydrogen-bond donors (Lipinski definition) is 0. The highest BCUT2D eigenvalue weighted by Gasteiger charge is 2.26. The van der Waals surface area contributed by atoms with Crippen molar-refractivity contribution >= 4 is 5.78 Å². The van der Waals surface area contributed by atoms with Crippen LogP contribution in [0.2, 0.25) is 0 Å². The molecule has 0 aromatic carbocycles. The second kappa shape index (κ2) is 4.78. The van der Waals surface area contributed by atoms with Crippen LogP contribution in [0.4, 0.5) is 0 Å². The van der Waals surface area contributed by atoms with Crippen LogP contribution in [0.15, 0.2) is 0 Å². The maximum atomic E-state index is 11.6. The molecular formula is C12H22O. The molecule has 76 valence electrons. The quantitative estimate of drug-likeness (QED) is 0.653. The van der Waals surface area contributed by atoms with Crippen molar-refractivity contribution < 1.29 is 4.79 Å². The molecule has 3 atom stereocenters. The molecule has 0 amide bonds. The minimum absolute atomic E-state index is 0.388. The Kier molecular flexibility index (Phi) is 3.95. The van der Waals surface area contributed by atoms with Crippen molar-refractivity contribution in [2.75, 3.05) is 0 Å². The van der Waals surface area contributed by atoms with Gasteiger partial charge in [-0.25, -0.2) is 0 Å². The van der Waals surface area contributed by atoms with Crippen molar-refractivity contribution in [2.24, 2.45) is 17.8 Å². The van der Waals surface area contributed by atoms with Gasteiger partial charge in [0.15, 0.2) is 0 Å². The molecule has 0 N–H and O–H groups in total. The van der Waals surface area contributed by atoms with E-state index in [1.807, 2.05) is 0 Å². The van der Waals surface area contributed by atoms with Crippen LogP contribution in [-0.2, 0) is 4.79 Å². The summed E-state index contributed by atoms with van der Waals surface area (Å²) in [7, 11) is 0. The smallest absolute Gasteiger partial charge is 0.136 e. The summed E-state index contributed by atoms with van der Waals surface area (Å²) in [5.74, 6) is 2.41. The monoisotopic (exact) mass is 182 g/mol. The zero-order valence-corrected chi connectivity index (χ0v) is 9.18. The molecule has 0 heterocycles. The van der Waals surface area contributed by atoms with Gasteiger partial charge in [0, 0.05) is 12.3 Å². The molecule has 0 aromatic heterocycles. The second-order valence-corrected chi connectivity index (χ2v) is 4.79. The number of rotatable bonds is 3. The van der Waals surface area contributed by atoms with E-state index in [4.69, 9.17) is 0 Å². The fraction of sp³-hybridized carbons (Fsp3) is 0.917. The molecular weight excluding hydrogens is 160 g/mol. The van der Waals surface area contributed by atoms with Crippen LogP contribution in [0.25, 0.3) is 0 Å². The Morgan fingerprint density at radius 1 is 1.54 bits per heavy atom. The number of hydrogen-bond acceptors (Lipinski definition) is 1. The number of carbonyl (C=O) groups is 1. The summed E-state index contributed by atoms with van der Waals surface area (Å²) < 4.78 is 0. The minimum atomic E-state index is 0.388. The van der Waals surface area contributed by atoms with E-state index < -0.39 is 0 Å². The lowest BCUT2D eigenvalue weighted by molar-refractivity contribution is -0.126. The summed E-state index contributed by atoms with van der Waals surface area (Å²) in [4.78, 5) is 11.6. The fourth-order valence-corrected chi connectivity index (χ4v) is 2.21. The highest BCUT2D eigenvalue weighted by atomic mass is 16.1. The lowest BCUT2D eigenvalue weighted by Crippen LogP contribution is -2.25. The van der Waals surface area contributed by atoms with Crippen molar-refractivity contribution in [2.45, 2.75) is 52.9 Å². The molecule has 0 saturated heterocycles. The van der Waals surface area contributed by atoms with E-state index >= 15 is 0 Å².